The Kier molecular flexibility index (Phi) is 23.3. The largest absolute Gasteiger partial charge is 0.417 e. The van der Waals surface area contributed by atoms with E-state index in [-0.39, 0.29) is 49.6 Å². The highest BCUT2D eigenvalue weighted by molar-refractivity contribution is 7.13. The van der Waals surface area contributed by atoms with Gasteiger partial charge in [0, 0.05) is 117 Å². The van der Waals surface area contributed by atoms with E-state index in [1.165, 1.54) is 4.90 Å². The first-order chi connectivity index (χ1) is 41.6. The zero-order valence-electron chi connectivity index (χ0n) is 50.9. The number of amides is 5. The summed E-state index contributed by atoms with van der Waals surface area (Å²) in [6.07, 6.45) is 3.43. The first kappa shape index (κ1) is 66.0. The lowest BCUT2D eigenvalue weighted by molar-refractivity contribution is -0.144. The van der Waals surface area contributed by atoms with E-state index in [2.05, 4.69) is 63.0 Å². The number of H-pyrrole nitrogens is 1. The number of aromatic nitrogens is 2. The molecular formula is C65H86F3N11O7S. The van der Waals surface area contributed by atoms with Gasteiger partial charge in [0.25, 0.3) is 5.91 Å². The number of hydrogen-bond acceptors (Lipinski definition) is 13. The zero-order valence-corrected chi connectivity index (χ0v) is 51.7. The van der Waals surface area contributed by atoms with Crippen LogP contribution in [0.25, 0.3) is 21.6 Å². The number of anilines is 2. The summed E-state index contributed by atoms with van der Waals surface area (Å²) in [4.78, 5) is 97.0. The molecule has 3 aliphatic heterocycles. The molecule has 0 bridgehead atoms. The predicted octanol–water partition coefficient (Wildman–Crippen LogP) is 8.44. The Morgan fingerprint density at radius 1 is 0.759 bits per heavy atom. The minimum atomic E-state index is -4.90. The molecule has 22 heteroatoms. The Morgan fingerprint density at radius 3 is 2.06 bits per heavy atom. The van der Waals surface area contributed by atoms with E-state index in [1.54, 1.807) is 17.4 Å². The van der Waals surface area contributed by atoms with Crippen LogP contribution < -0.4 is 31.7 Å². The van der Waals surface area contributed by atoms with Crippen LogP contribution in [0.1, 0.15) is 124 Å². The maximum Gasteiger partial charge on any atom is 0.417 e. The second kappa shape index (κ2) is 30.8. The Bertz CT molecular complexity index is 3190. The van der Waals surface area contributed by atoms with Gasteiger partial charge in [0.1, 0.15) is 12.1 Å². The summed E-state index contributed by atoms with van der Waals surface area (Å²) in [5, 5.41) is 22.4. The van der Waals surface area contributed by atoms with E-state index < -0.39 is 52.4 Å². The lowest BCUT2D eigenvalue weighted by atomic mass is 9.85. The Hall–Kier alpha value is -6.98. The van der Waals surface area contributed by atoms with Gasteiger partial charge in [-0.2, -0.15) is 13.2 Å². The average molecular weight is 1220 g/mol. The van der Waals surface area contributed by atoms with Gasteiger partial charge in [-0.15, -0.1) is 11.3 Å². The van der Waals surface area contributed by atoms with Gasteiger partial charge in [0.2, 0.25) is 29.2 Å². The van der Waals surface area contributed by atoms with Crippen molar-refractivity contribution in [2.24, 2.45) is 5.41 Å². The van der Waals surface area contributed by atoms with Crippen LogP contribution in [0.2, 0.25) is 0 Å². The van der Waals surface area contributed by atoms with Crippen molar-refractivity contribution >= 4 is 52.2 Å². The molecule has 470 valence electrons. The van der Waals surface area contributed by atoms with Crippen LogP contribution in [0.15, 0.2) is 89.3 Å². The van der Waals surface area contributed by atoms with Gasteiger partial charge < -0.3 is 46.1 Å². The fourth-order valence-corrected chi connectivity index (χ4v) is 12.4. The quantitative estimate of drug-likeness (QED) is 0.0288. The number of aryl methyl sites for hydroxylation is 1. The number of rotatable bonds is 26. The number of carbonyl (C=O) groups excluding carboxylic acids is 5. The summed E-state index contributed by atoms with van der Waals surface area (Å²) in [6.45, 7) is 16.3. The molecule has 0 radical (unpaired) electrons. The maximum absolute atomic E-state index is 14.1. The van der Waals surface area contributed by atoms with Crippen LogP contribution in [0.3, 0.4) is 0 Å². The number of alkyl halides is 3. The highest BCUT2D eigenvalue weighted by Crippen LogP contribution is 2.36. The fourth-order valence-electron chi connectivity index (χ4n) is 11.6. The summed E-state index contributed by atoms with van der Waals surface area (Å²) < 4.78 is 41.9. The SMILES string of the molecule is Cc1ncsc1-c1ccc(CNC(=O)C2CC(O)CN2C(=O)C(NC(=O)CCCCCCCCCCC(=O)NCCN2CCN(Cc3cccc(-c4ccc(N5CCN(C)CC5)c(NC(=O)c5c[nH]c(=O)cc5C(F)(F)F)c4)c3)CC2)C(C)(C)C)cc1. The molecule has 5 heterocycles. The lowest BCUT2D eigenvalue weighted by Gasteiger charge is -2.35. The minimum absolute atomic E-state index is 0.0169. The van der Waals surface area contributed by atoms with Crippen LogP contribution in [-0.2, 0) is 38.4 Å². The molecule has 3 aromatic carbocycles. The molecule has 3 fully saturated rings. The zero-order chi connectivity index (χ0) is 62.3. The van der Waals surface area contributed by atoms with E-state index in [4.69, 9.17) is 0 Å². The van der Waals surface area contributed by atoms with Crippen molar-refractivity contribution in [2.45, 2.75) is 136 Å². The molecule has 5 aromatic rings. The van der Waals surface area contributed by atoms with Crippen molar-refractivity contribution < 1.29 is 42.3 Å². The average Bonchev–Trinajstić information content (AvgIpc) is 2.59. The van der Waals surface area contributed by atoms with Gasteiger partial charge in [0.15, 0.2) is 0 Å². The molecular weight excluding hydrogens is 1140 g/mol. The van der Waals surface area contributed by atoms with Gasteiger partial charge in [-0.1, -0.05) is 108 Å². The van der Waals surface area contributed by atoms with Gasteiger partial charge in [0.05, 0.1) is 44.7 Å². The molecule has 2 aromatic heterocycles. The summed E-state index contributed by atoms with van der Waals surface area (Å²) in [6, 6.07) is 20.4. The number of thiazole rings is 1. The van der Waals surface area contributed by atoms with Gasteiger partial charge in [-0.25, -0.2) is 4.98 Å². The predicted molar refractivity (Wildman–Crippen MR) is 334 cm³/mol. The number of halogens is 3. The van der Waals surface area contributed by atoms with Crippen molar-refractivity contribution in [3.63, 3.8) is 0 Å². The van der Waals surface area contributed by atoms with Crippen molar-refractivity contribution in [3.8, 4) is 21.6 Å². The molecule has 0 saturated carbocycles. The summed E-state index contributed by atoms with van der Waals surface area (Å²) in [5.41, 5.74) is 5.04. The number of benzene rings is 3. The van der Waals surface area contributed by atoms with E-state index in [0.29, 0.717) is 49.9 Å². The molecule has 8 rings (SSSR count). The Labute approximate surface area is 512 Å². The number of unbranched alkanes of at least 4 members (excludes halogenated alkanes) is 7. The standard InChI is InChI=1S/C65H86F3N11O7S/c1-44-59(87-43-72-44)47-21-19-45(20-22-47)39-71-62(85)55-37-50(80)42-79(55)63(86)60(64(2,3)4)74-57(82)18-13-11-9-7-6-8-10-12-17-56(81)69-25-26-76-29-31-77(32-30-76)41-46-15-14-16-48(35-46)49-23-24-54(78-33-27-75(5)28-34-78)53(36-49)73-61(84)51-40-70-58(83)38-52(51)65(66,67)68/h14-16,19-24,35-36,38,40,43,50,55,60,80H,6-13,17-18,25-34,37,39,41-42H2,1-5H3,(H,69,81)(H,70,83)(H,71,85)(H,73,84)(H,74,82). The first-order valence-electron chi connectivity index (χ1n) is 30.6. The van der Waals surface area contributed by atoms with Crippen LogP contribution >= 0.6 is 11.3 Å². The number of aliphatic hydroxyl groups excluding tert-OH is 1. The van der Waals surface area contributed by atoms with Crippen LogP contribution in [-0.4, -0.2) is 161 Å². The number of carbonyl (C=O) groups is 5. The number of likely N-dealkylation sites (N-methyl/N-ethyl adjacent to an activating group) is 1. The van der Waals surface area contributed by atoms with Gasteiger partial charge in [-0.05, 0) is 78.2 Å². The molecule has 0 spiro atoms. The van der Waals surface area contributed by atoms with Crippen molar-refractivity contribution in [3.05, 3.63) is 123 Å². The van der Waals surface area contributed by atoms with Crippen LogP contribution in [0.4, 0.5) is 24.5 Å². The Balaban J connectivity index is 0.680. The summed E-state index contributed by atoms with van der Waals surface area (Å²) in [7, 11) is 2.02. The number of likely N-dealkylation sites (tertiary alicyclic amines) is 1. The second-order valence-corrected chi connectivity index (χ2v) is 25.4. The lowest BCUT2D eigenvalue weighted by Crippen LogP contribution is -2.57. The molecule has 0 aliphatic carbocycles. The number of nitrogens with one attached hydrogen (secondary N) is 5. The minimum Gasteiger partial charge on any atom is -0.391 e. The topological polar surface area (TPSA) is 216 Å². The summed E-state index contributed by atoms with van der Waals surface area (Å²) in [5.74, 6) is -1.85. The number of piperazine rings is 2. The monoisotopic (exact) mass is 1220 g/mol. The van der Waals surface area contributed by atoms with Crippen molar-refractivity contribution in [1.29, 1.82) is 0 Å². The smallest absolute Gasteiger partial charge is 0.391 e. The number of aliphatic hydroxyl groups is 1. The number of β-amino-alcohol motifs (C(OH)–C–C–N with tert-alkyl or cyclic N) is 1. The molecule has 3 atom stereocenters. The highest BCUT2D eigenvalue weighted by atomic mass is 32.1. The van der Waals surface area contributed by atoms with E-state index in [9.17, 15) is 47.0 Å². The number of aromatic amines is 1. The number of hydrogen-bond donors (Lipinski definition) is 6. The van der Waals surface area contributed by atoms with Crippen LogP contribution in [0, 0.1) is 12.3 Å². The second-order valence-electron chi connectivity index (χ2n) is 24.5. The van der Waals surface area contributed by atoms with Gasteiger partial charge >= 0.3 is 6.18 Å². The number of nitrogens with zero attached hydrogens (tertiary/aromatic N) is 6. The van der Waals surface area contributed by atoms with E-state index in [1.807, 2.05) is 88.8 Å². The third-order valence-corrected chi connectivity index (χ3v) is 17.7. The van der Waals surface area contributed by atoms with Gasteiger partial charge in [-0.3, -0.25) is 38.6 Å². The Morgan fingerprint density at radius 2 is 1.40 bits per heavy atom. The van der Waals surface area contributed by atoms with Crippen molar-refractivity contribution in [1.82, 2.24) is 45.5 Å². The summed E-state index contributed by atoms with van der Waals surface area (Å²) >= 11 is 1.58. The third-order valence-electron chi connectivity index (χ3n) is 16.7. The van der Waals surface area contributed by atoms with E-state index >= 15 is 0 Å². The van der Waals surface area contributed by atoms with Crippen molar-refractivity contribution in [2.75, 3.05) is 89.3 Å². The number of pyridine rings is 1. The molecule has 6 N–H and O–H groups in total. The molecule has 3 unspecified atom stereocenters. The van der Waals surface area contributed by atoms with Crippen LogP contribution in [0.5, 0.6) is 0 Å². The molecule has 18 nitrogen and oxygen atoms in total. The molecule has 87 heavy (non-hydrogen) atoms. The normalized spacial score (nSPS) is 17.5. The molecule has 3 saturated heterocycles. The fraction of sp³-hybridized carbons (Fsp3) is 0.523. The molecule has 5 amide bonds. The third kappa shape index (κ3) is 19.0. The maximum atomic E-state index is 14.1. The molecule has 3 aliphatic rings. The highest BCUT2D eigenvalue weighted by Gasteiger charge is 2.44. The van der Waals surface area contributed by atoms with E-state index in [0.717, 1.165) is 142 Å². The first-order valence-corrected chi connectivity index (χ1v) is 31.5.